The number of benzene rings is 1. The van der Waals surface area contributed by atoms with Gasteiger partial charge in [0.15, 0.2) is 0 Å². The van der Waals surface area contributed by atoms with Crippen molar-refractivity contribution in [1.29, 1.82) is 0 Å². The number of carbonyl (C=O) groups is 1. The molecule has 0 radical (unpaired) electrons. The molecule has 6 nitrogen and oxygen atoms in total. The van der Waals surface area contributed by atoms with Crippen molar-refractivity contribution >= 4 is 6.09 Å². The molecule has 2 bridgehead atoms. The van der Waals surface area contributed by atoms with Crippen molar-refractivity contribution in [2.24, 2.45) is 11.3 Å². The molecule has 3 saturated heterocycles. The van der Waals surface area contributed by atoms with Gasteiger partial charge in [0, 0.05) is 24.4 Å². The highest BCUT2D eigenvalue weighted by atomic mass is 16.6. The molecule has 1 N–H and O–H groups in total. The van der Waals surface area contributed by atoms with Crippen LogP contribution in [-0.2, 0) is 11.2 Å². The van der Waals surface area contributed by atoms with Gasteiger partial charge in [0.25, 0.3) is 0 Å². The van der Waals surface area contributed by atoms with Gasteiger partial charge in [-0.1, -0.05) is 32.0 Å². The molecule has 0 saturated carbocycles. The minimum Gasteiger partial charge on any atom is -0.478 e. The first-order valence-electron chi connectivity index (χ1n) is 11.8. The molecule has 1 amide bonds. The smallest absolute Gasteiger partial charge is 0.407 e. The lowest BCUT2D eigenvalue weighted by atomic mass is 9.85. The van der Waals surface area contributed by atoms with E-state index in [0.29, 0.717) is 18.4 Å². The van der Waals surface area contributed by atoms with E-state index in [-0.39, 0.29) is 23.7 Å². The number of hydrogen-bond donors (Lipinski definition) is 1. The van der Waals surface area contributed by atoms with E-state index >= 15 is 0 Å². The van der Waals surface area contributed by atoms with Gasteiger partial charge in [0.1, 0.15) is 6.10 Å². The molecule has 1 unspecified atom stereocenters. The topological polar surface area (TPSA) is 63.7 Å². The summed E-state index contributed by atoms with van der Waals surface area (Å²) in [5, 5.41) is 3.20. The molecule has 3 aliphatic heterocycles. The zero-order chi connectivity index (χ0) is 22.3. The number of nitrogens with one attached hydrogen (secondary N) is 1. The number of aromatic nitrogens is 1. The van der Waals surface area contributed by atoms with Gasteiger partial charge in [-0.15, -0.1) is 0 Å². The second kappa shape index (κ2) is 8.39. The first-order valence-corrected chi connectivity index (χ1v) is 11.8. The number of carbonyl (C=O) groups excluding carboxylic acids is 1. The summed E-state index contributed by atoms with van der Waals surface area (Å²) in [4.78, 5) is 19.6. The van der Waals surface area contributed by atoms with E-state index in [4.69, 9.17) is 9.47 Å². The number of rotatable bonds is 5. The van der Waals surface area contributed by atoms with Crippen molar-refractivity contribution in [3.63, 3.8) is 0 Å². The van der Waals surface area contributed by atoms with Gasteiger partial charge in [-0.25, -0.2) is 9.78 Å². The molecule has 2 aromatic rings. The molecule has 6 heteroatoms. The van der Waals surface area contributed by atoms with E-state index in [1.165, 1.54) is 11.1 Å². The molecule has 4 aliphatic rings. The first-order chi connectivity index (χ1) is 15.4. The molecular weight excluding hydrogens is 402 g/mol. The van der Waals surface area contributed by atoms with Gasteiger partial charge >= 0.3 is 6.09 Å². The van der Waals surface area contributed by atoms with Crippen molar-refractivity contribution in [2.75, 3.05) is 26.2 Å². The van der Waals surface area contributed by atoms with E-state index in [1.54, 1.807) is 0 Å². The van der Waals surface area contributed by atoms with Crippen LogP contribution in [-0.4, -0.2) is 48.3 Å². The molecule has 6 rings (SSSR count). The van der Waals surface area contributed by atoms with E-state index in [1.807, 2.05) is 25.3 Å². The molecule has 3 fully saturated rings. The van der Waals surface area contributed by atoms with Crippen LogP contribution in [0.3, 0.4) is 0 Å². The lowest BCUT2D eigenvalue weighted by Crippen LogP contribution is -2.53. The number of alkyl carbamates (subject to hydrolysis) is 1. The summed E-state index contributed by atoms with van der Waals surface area (Å²) < 4.78 is 11.4. The number of ether oxygens (including phenoxy) is 2. The fourth-order valence-corrected chi connectivity index (χ4v) is 5.63. The SMILES string of the molecule is CCOc1ccc(-c2ccc3c(c2)CC(C)(C)C3NC(=O)O[C@H]2CN3CCC2CC3)cn1. The number of pyridine rings is 1. The Labute approximate surface area is 190 Å². The summed E-state index contributed by atoms with van der Waals surface area (Å²) in [5.41, 5.74) is 4.57. The maximum atomic E-state index is 12.8. The molecule has 170 valence electrons. The molecule has 0 spiro atoms. The molecular formula is C26H33N3O3. The predicted octanol–water partition coefficient (Wildman–Crippen LogP) is 4.59. The summed E-state index contributed by atoms with van der Waals surface area (Å²) in [7, 11) is 0. The highest BCUT2D eigenvalue weighted by Crippen LogP contribution is 2.46. The zero-order valence-electron chi connectivity index (χ0n) is 19.3. The third kappa shape index (κ3) is 4.08. The van der Waals surface area contributed by atoms with Crippen LogP contribution in [0.4, 0.5) is 4.79 Å². The Balaban J connectivity index is 1.30. The van der Waals surface area contributed by atoms with Crippen LogP contribution in [0.5, 0.6) is 5.88 Å². The fourth-order valence-electron chi connectivity index (χ4n) is 5.63. The normalized spacial score (nSPS) is 27.6. The maximum Gasteiger partial charge on any atom is 0.407 e. The summed E-state index contributed by atoms with van der Waals surface area (Å²) in [6.45, 7) is 10.1. The standard InChI is InChI=1S/C26H33N3O3/c1-4-31-23-8-6-19(15-27-23)18-5-7-21-20(13-18)14-26(2,3)24(21)28-25(30)32-22-16-29-11-9-17(22)10-12-29/h5-8,13,15,17,22,24H,4,9-12,14,16H2,1-3H3,(H,28,30)/t22-,24?/m0/s1. The van der Waals surface area contributed by atoms with Gasteiger partial charge in [-0.05, 0) is 73.4 Å². The molecule has 1 aliphatic carbocycles. The summed E-state index contributed by atoms with van der Waals surface area (Å²) in [6.07, 6.45) is 4.78. The second-order valence-corrected chi connectivity index (χ2v) is 10.1. The third-order valence-corrected chi connectivity index (χ3v) is 7.36. The number of nitrogens with zero attached hydrogens (tertiary/aromatic N) is 2. The molecule has 1 aromatic carbocycles. The van der Waals surface area contributed by atoms with E-state index in [0.717, 1.165) is 50.0 Å². The van der Waals surface area contributed by atoms with Crippen molar-refractivity contribution in [1.82, 2.24) is 15.2 Å². The van der Waals surface area contributed by atoms with E-state index < -0.39 is 0 Å². The number of fused-ring (bicyclic) bond motifs is 4. The highest BCUT2D eigenvalue weighted by Gasteiger charge is 2.42. The molecule has 32 heavy (non-hydrogen) atoms. The van der Waals surface area contributed by atoms with Gasteiger partial charge < -0.3 is 14.8 Å². The van der Waals surface area contributed by atoms with Crippen LogP contribution in [0.1, 0.15) is 50.8 Å². The second-order valence-electron chi connectivity index (χ2n) is 10.1. The molecule has 1 aromatic heterocycles. The van der Waals surface area contributed by atoms with Crippen molar-refractivity contribution < 1.29 is 14.3 Å². The van der Waals surface area contributed by atoms with E-state index in [9.17, 15) is 4.79 Å². The van der Waals surface area contributed by atoms with Gasteiger partial charge in [-0.2, -0.15) is 0 Å². The van der Waals surface area contributed by atoms with Gasteiger partial charge in [-0.3, -0.25) is 4.90 Å². The number of amides is 1. The largest absolute Gasteiger partial charge is 0.478 e. The Morgan fingerprint density at radius 1 is 1.19 bits per heavy atom. The average Bonchev–Trinajstić information content (AvgIpc) is 3.04. The Bertz CT molecular complexity index is 980. The van der Waals surface area contributed by atoms with Crippen molar-refractivity contribution in [3.8, 4) is 17.0 Å². The highest BCUT2D eigenvalue weighted by molar-refractivity contribution is 5.70. The Morgan fingerprint density at radius 2 is 1.97 bits per heavy atom. The molecule has 2 atom stereocenters. The van der Waals surface area contributed by atoms with Crippen molar-refractivity contribution in [3.05, 3.63) is 47.7 Å². The Hall–Kier alpha value is -2.60. The number of hydrogen-bond acceptors (Lipinski definition) is 5. The van der Waals surface area contributed by atoms with Crippen molar-refractivity contribution in [2.45, 2.75) is 52.2 Å². The van der Waals surface area contributed by atoms with Crippen LogP contribution in [0, 0.1) is 11.3 Å². The van der Waals surface area contributed by atoms with Gasteiger partial charge in [0.05, 0.1) is 12.6 Å². The van der Waals surface area contributed by atoms with Crippen LogP contribution < -0.4 is 10.1 Å². The Morgan fingerprint density at radius 3 is 2.62 bits per heavy atom. The van der Waals surface area contributed by atoms with E-state index in [2.05, 4.69) is 47.2 Å². The third-order valence-electron chi connectivity index (χ3n) is 7.36. The number of piperidine rings is 3. The Kier molecular flexibility index (Phi) is 5.58. The van der Waals surface area contributed by atoms with Gasteiger partial charge in [0.2, 0.25) is 5.88 Å². The summed E-state index contributed by atoms with van der Waals surface area (Å²) in [5.74, 6) is 1.16. The van der Waals surface area contributed by atoms with Crippen LogP contribution in [0.25, 0.3) is 11.1 Å². The zero-order valence-corrected chi connectivity index (χ0v) is 19.3. The molecule has 4 heterocycles. The average molecular weight is 436 g/mol. The van der Waals surface area contributed by atoms with Crippen LogP contribution in [0.15, 0.2) is 36.5 Å². The minimum atomic E-state index is -0.283. The van der Waals surface area contributed by atoms with Crippen LogP contribution in [0.2, 0.25) is 0 Å². The monoisotopic (exact) mass is 435 g/mol. The lowest BCUT2D eigenvalue weighted by Gasteiger charge is -2.44. The minimum absolute atomic E-state index is 0.0241. The maximum absolute atomic E-state index is 12.8. The quantitative estimate of drug-likeness (QED) is 0.744. The summed E-state index contributed by atoms with van der Waals surface area (Å²) in [6, 6.07) is 10.4. The fraction of sp³-hybridized carbons (Fsp3) is 0.538. The van der Waals surface area contributed by atoms with Crippen LogP contribution >= 0.6 is 0 Å². The lowest BCUT2D eigenvalue weighted by molar-refractivity contribution is -0.0348. The predicted molar refractivity (Wildman–Crippen MR) is 124 cm³/mol. The summed E-state index contributed by atoms with van der Waals surface area (Å²) >= 11 is 0. The first kappa shape index (κ1) is 21.3.